The Balaban J connectivity index is 2.36. The smallest absolute Gasteiger partial charge is 0.374 e. The summed E-state index contributed by atoms with van der Waals surface area (Å²) < 4.78 is 4.87. The van der Waals surface area contributed by atoms with Crippen molar-refractivity contribution >= 4 is 40.1 Å². The van der Waals surface area contributed by atoms with Gasteiger partial charge in [-0.05, 0) is 25.1 Å². The molecule has 0 fully saturated rings. The zero-order valence-corrected chi connectivity index (χ0v) is 11.1. The summed E-state index contributed by atoms with van der Waals surface area (Å²) in [6, 6.07) is 5.23. The van der Waals surface area contributed by atoms with Crippen LogP contribution in [0.3, 0.4) is 0 Å². The molecule has 6 nitrogen and oxygen atoms in total. The van der Waals surface area contributed by atoms with Crippen molar-refractivity contribution in [3.05, 3.63) is 24.0 Å². The molecule has 19 heavy (non-hydrogen) atoms. The van der Waals surface area contributed by atoms with Crippen molar-refractivity contribution in [1.29, 1.82) is 0 Å². The first-order valence-electron chi connectivity index (χ1n) is 5.70. The number of aromatic amines is 1. The van der Waals surface area contributed by atoms with Crippen LogP contribution in [0.15, 0.2) is 23.2 Å². The second-order valence-corrected chi connectivity index (χ2v) is 4.01. The van der Waals surface area contributed by atoms with Gasteiger partial charge in [-0.1, -0.05) is 0 Å². The fourth-order valence-electron chi connectivity index (χ4n) is 1.56. The topological polar surface area (TPSA) is 93.4 Å². The van der Waals surface area contributed by atoms with Crippen LogP contribution in [0.2, 0.25) is 0 Å². The molecule has 7 heteroatoms. The molecule has 2 rings (SSSR count). The molecule has 0 aliphatic rings. The summed E-state index contributed by atoms with van der Waals surface area (Å²) in [5, 5.41) is 0. The quantitative estimate of drug-likeness (QED) is 0.387. The van der Waals surface area contributed by atoms with E-state index in [2.05, 4.69) is 15.0 Å². The molecule has 0 saturated carbocycles. The van der Waals surface area contributed by atoms with Gasteiger partial charge in [0.15, 0.2) is 0 Å². The van der Waals surface area contributed by atoms with Gasteiger partial charge in [0.1, 0.15) is 5.84 Å². The highest BCUT2D eigenvalue weighted by molar-refractivity contribution is 6.28. The van der Waals surface area contributed by atoms with Crippen LogP contribution in [0.1, 0.15) is 17.5 Å². The molecule has 0 aliphatic heterocycles. The number of carbonyl (C=O) groups is 1. The molecule has 100 valence electrons. The molecule has 1 aromatic heterocycles. The molecular weight excluding hydrogens is 268 g/mol. The Kier molecular flexibility index (Phi) is 4.01. The lowest BCUT2D eigenvalue weighted by atomic mass is 10.3. The Bertz CT molecular complexity index is 636. The van der Waals surface area contributed by atoms with E-state index in [1.807, 2.05) is 0 Å². The molecule has 3 N–H and O–H groups in total. The molecule has 2 aromatic rings. The van der Waals surface area contributed by atoms with E-state index in [1.165, 1.54) is 0 Å². The van der Waals surface area contributed by atoms with E-state index in [-0.39, 0.29) is 11.7 Å². The van der Waals surface area contributed by atoms with Crippen LogP contribution in [0.25, 0.3) is 11.0 Å². The minimum Gasteiger partial charge on any atom is -0.460 e. The normalized spacial score (nSPS) is 11.8. The van der Waals surface area contributed by atoms with Gasteiger partial charge in [-0.2, -0.15) is 0 Å². The van der Waals surface area contributed by atoms with Crippen molar-refractivity contribution in [3.63, 3.8) is 0 Å². The first kappa shape index (κ1) is 13.4. The van der Waals surface area contributed by atoms with E-state index in [4.69, 9.17) is 22.1 Å². The molecule has 0 unspecified atom stereocenters. The van der Waals surface area contributed by atoms with Crippen LogP contribution < -0.4 is 5.73 Å². The van der Waals surface area contributed by atoms with Crippen LogP contribution in [0, 0.1) is 0 Å². The first-order valence-corrected chi connectivity index (χ1v) is 6.23. The number of hydrogen-bond acceptors (Lipinski definition) is 4. The van der Waals surface area contributed by atoms with Gasteiger partial charge in [0.25, 0.3) is 0 Å². The Morgan fingerprint density at radius 3 is 3.05 bits per heavy atom. The minimum absolute atomic E-state index is 0.162. The fraction of sp³-hybridized carbons (Fsp3) is 0.250. The average Bonchev–Trinajstić information content (AvgIpc) is 2.82. The van der Waals surface area contributed by atoms with Crippen molar-refractivity contribution in [2.24, 2.45) is 10.7 Å². The van der Waals surface area contributed by atoms with Crippen molar-refractivity contribution < 1.29 is 9.53 Å². The second kappa shape index (κ2) is 5.71. The van der Waals surface area contributed by atoms with Crippen LogP contribution in [0.5, 0.6) is 0 Å². The maximum Gasteiger partial charge on any atom is 0.374 e. The number of esters is 1. The summed E-state index contributed by atoms with van der Waals surface area (Å²) in [5.41, 5.74) is 7.55. The molecule has 1 aromatic carbocycles. The van der Waals surface area contributed by atoms with Crippen LogP contribution in [0.4, 0.5) is 5.69 Å². The number of rotatable bonds is 4. The molecule has 0 bridgehead atoms. The predicted molar refractivity (Wildman–Crippen MR) is 74.1 cm³/mol. The maximum absolute atomic E-state index is 11.5. The number of hydrogen-bond donors (Lipinski definition) is 2. The Morgan fingerprint density at radius 1 is 1.58 bits per heavy atom. The minimum atomic E-state index is -0.482. The number of carbonyl (C=O) groups excluding carboxylic acids is 1. The number of ether oxygens (including phenoxy) is 1. The zero-order valence-electron chi connectivity index (χ0n) is 10.3. The van der Waals surface area contributed by atoms with Gasteiger partial charge in [0.2, 0.25) is 5.82 Å². The third kappa shape index (κ3) is 3.03. The van der Waals surface area contributed by atoms with Gasteiger partial charge in [-0.15, -0.1) is 11.6 Å². The number of nitrogens with two attached hydrogens (primary N) is 1. The lowest BCUT2D eigenvalue weighted by Gasteiger charge is -1.96. The predicted octanol–water partition coefficient (Wildman–Crippen LogP) is 1.97. The Morgan fingerprint density at radius 2 is 2.37 bits per heavy atom. The van der Waals surface area contributed by atoms with Gasteiger partial charge in [0, 0.05) is 0 Å². The van der Waals surface area contributed by atoms with E-state index in [0.29, 0.717) is 29.2 Å². The van der Waals surface area contributed by atoms with Crippen LogP contribution in [-0.2, 0) is 4.74 Å². The summed E-state index contributed by atoms with van der Waals surface area (Å²) in [6.07, 6.45) is 0. The van der Waals surface area contributed by atoms with E-state index in [9.17, 15) is 4.79 Å². The third-order valence-corrected chi connectivity index (χ3v) is 2.62. The van der Waals surface area contributed by atoms with Crippen molar-refractivity contribution in [3.8, 4) is 0 Å². The van der Waals surface area contributed by atoms with Crippen LogP contribution in [-0.4, -0.2) is 34.3 Å². The average molecular weight is 281 g/mol. The standard InChI is InChI=1S/C12H13ClN4O2/c1-2-19-12(18)11-16-8-4-3-7(5-9(8)17-11)15-10(14)6-13/h3-5H,2,6H2,1H3,(H2,14,15)(H,16,17). The number of alkyl halides is 1. The Hall–Kier alpha value is -2.08. The van der Waals surface area contributed by atoms with Crippen molar-refractivity contribution in [1.82, 2.24) is 9.97 Å². The summed E-state index contributed by atoms with van der Waals surface area (Å²) >= 11 is 5.56. The SMILES string of the molecule is CCOC(=O)c1nc2ccc(N=C(N)CCl)cc2[nH]1. The third-order valence-electron chi connectivity index (χ3n) is 2.34. The molecule has 0 saturated heterocycles. The zero-order chi connectivity index (χ0) is 13.8. The first-order chi connectivity index (χ1) is 9.13. The second-order valence-electron chi connectivity index (χ2n) is 3.74. The fourth-order valence-corrected chi connectivity index (χ4v) is 1.62. The number of nitrogens with one attached hydrogen (secondary N) is 1. The van der Waals surface area contributed by atoms with Crippen molar-refractivity contribution in [2.75, 3.05) is 12.5 Å². The molecule has 1 heterocycles. The number of fused-ring (bicyclic) bond motifs is 1. The van der Waals surface area contributed by atoms with Crippen molar-refractivity contribution in [2.45, 2.75) is 6.92 Å². The summed E-state index contributed by atoms with van der Waals surface area (Å²) in [7, 11) is 0. The number of H-pyrrole nitrogens is 1. The number of benzene rings is 1. The van der Waals surface area contributed by atoms with Crippen LogP contribution >= 0.6 is 11.6 Å². The number of amidine groups is 1. The van der Waals surface area contributed by atoms with E-state index >= 15 is 0 Å². The Labute approximate surface area is 114 Å². The highest BCUT2D eigenvalue weighted by atomic mass is 35.5. The highest BCUT2D eigenvalue weighted by Gasteiger charge is 2.12. The number of halogens is 1. The molecule has 0 spiro atoms. The number of nitrogens with zero attached hydrogens (tertiary/aromatic N) is 2. The maximum atomic E-state index is 11.5. The van der Waals surface area contributed by atoms with E-state index < -0.39 is 5.97 Å². The number of aliphatic imine (C=N–C) groups is 1. The molecule has 0 amide bonds. The largest absolute Gasteiger partial charge is 0.460 e. The van der Waals surface area contributed by atoms with E-state index in [0.717, 1.165) is 0 Å². The number of imidazole rings is 1. The highest BCUT2D eigenvalue weighted by Crippen LogP contribution is 2.20. The van der Waals surface area contributed by atoms with Gasteiger partial charge in [0.05, 0.1) is 29.2 Å². The molecule has 0 aliphatic carbocycles. The van der Waals surface area contributed by atoms with Gasteiger partial charge >= 0.3 is 5.97 Å². The number of aromatic nitrogens is 2. The lowest BCUT2D eigenvalue weighted by Crippen LogP contribution is -2.12. The monoisotopic (exact) mass is 280 g/mol. The van der Waals surface area contributed by atoms with Gasteiger partial charge < -0.3 is 15.5 Å². The summed E-state index contributed by atoms with van der Waals surface area (Å²) in [5.74, 6) is 0.174. The molecular formula is C12H13ClN4O2. The summed E-state index contributed by atoms with van der Waals surface area (Å²) in [4.78, 5) is 22.7. The van der Waals surface area contributed by atoms with Gasteiger partial charge in [-0.25, -0.2) is 14.8 Å². The lowest BCUT2D eigenvalue weighted by molar-refractivity contribution is 0.0514. The van der Waals surface area contributed by atoms with E-state index in [1.54, 1.807) is 25.1 Å². The molecule has 0 atom stereocenters. The van der Waals surface area contributed by atoms with Gasteiger partial charge in [-0.3, -0.25) is 0 Å². The molecule has 0 radical (unpaired) electrons. The summed E-state index contributed by atoms with van der Waals surface area (Å²) in [6.45, 7) is 2.04.